The standard InChI is InChI=1S/C19H21N5O2/c1-13(2)23(12-15-7-5-4-6-8-15)19(26)16-11-20-24(14(16)3)17-9-10-18(25)22-21-17/h4-11,13H,12H2,1-3H3,(H,22,25). The zero-order chi connectivity index (χ0) is 18.7. The van der Waals surface area contributed by atoms with E-state index in [2.05, 4.69) is 15.3 Å². The molecule has 3 aromatic rings. The van der Waals surface area contributed by atoms with Crippen molar-refractivity contribution >= 4 is 5.91 Å². The Labute approximate surface area is 151 Å². The fraction of sp³-hybridized carbons (Fsp3) is 0.263. The summed E-state index contributed by atoms with van der Waals surface area (Å²) in [4.78, 5) is 26.1. The number of carbonyl (C=O) groups is 1. The van der Waals surface area contributed by atoms with Gasteiger partial charge in [-0.1, -0.05) is 30.3 Å². The molecule has 0 aliphatic heterocycles. The number of carbonyl (C=O) groups excluding carboxylic acids is 1. The number of H-pyrrole nitrogens is 1. The third kappa shape index (κ3) is 3.56. The van der Waals surface area contributed by atoms with Crippen LogP contribution in [0.3, 0.4) is 0 Å². The monoisotopic (exact) mass is 351 g/mol. The van der Waals surface area contributed by atoms with Crippen LogP contribution in [0.15, 0.2) is 53.5 Å². The SMILES string of the molecule is Cc1c(C(=O)N(Cc2ccccc2)C(C)C)cnn1-c1ccc(=O)[nH]n1. The molecule has 134 valence electrons. The van der Waals surface area contributed by atoms with Crippen LogP contribution >= 0.6 is 0 Å². The molecule has 1 N–H and O–H groups in total. The van der Waals surface area contributed by atoms with Gasteiger partial charge in [0, 0.05) is 18.7 Å². The highest BCUT2D eigenvalue weighted by Crippen LogP contribution is 2.17. The lowest BCUT2D eigenvalue weighted by Gasteiger charge is -2.27. The summed E-state index contributed by atoms with van der Waals surface area (Å²) >= 11 is 0. The Balaban J connectivity index is 1.90. The Hall–Kier alpha value is -3.22. The molecule has 7 nitrogen and oxygen atoms in total. The second kappa shape index (κ2) is 7.35. The lowest BCUT2D eigenvalue weighted by atomic mass is 10.1. The summed E-state index contributed by atoms with van der Waals surface area (Å²) in [6, 6.07) is 12.9. The highest BCUT2D eigenvalue weighted by molar-refractivity contribution is 5.95. The van der Waals surface area contributed by atoms with Crippen LogP contribution in [0.25, 0.3) is 5.82 Å². The molecule has 0 atom stereocenters. The number of aromatic nitrogens is 4. The van der Waals surface area contributed by atoms with Crippen molar-refractivity contribution in [2.75, 3.05) is 0 Å². The van der Waals surface area contributed by atoms with Gasteiger partial charge in [-0.15, -0.1) is 0 Å². The number of amides is 1. The van der Waals surface area contributed by atoms with Gasteiger partial charge in [-0.25, -0.2) is 9.78 Å². The number of hydrogen-bond acceptors (Lipinski definition) is 4. The van der Waals surface area contributed by atoms with E-state index in [0.717, 1.165) is 5.56 Å². The van der Waals surface area contributed by atoms with Crippen molar-refractivity contribution in [3.05, 3.63) is 75.8 Å². The third-order valence-corrected chi connectivity index (χ3v) is 4.20. The summed E-state index contributed by atoms with van der Waals surface area (Å²) in [5.41, 5.74) is 1.97. The molecule has 0 unspecified atom stereocenters. The Morgan fingerprint density at radius 2 is 1.92 bits per heavy atom. The minimum absolute atomic E-state index is 0.0386. The van der Waals surface area contributed by atoms with Crippen LogP contribution in [0.4, 0.5) is 0 Å². The first-order valence-corrected chi connectivity index (χ1v) is 8.43. The van der Waals surface area contributed by atoms with Gasteiger partial charge < -0.3 is 4.90 Å². The summed E-state index contributed by atoms with van der Waals surface area (Å²) in [6.07, 6.45) is 1.55. The van der Waals surface area contributed by atoms with Gasteiger partial charge in [0.25, 0.3) is 11.5 Å². The van der Waals surface area contributed by atoms with Crippen LogP contribution in [0, 0.1) is 6.92 Å². The van der Waals surface area contributed by atoms with Gasteiger partial charge in [0.2, 0.25) is 0 Å². The van der Waals surface area contributed by atoms with Gasteiger partial charge in [-0.3, -0.25) is 9.59 Å². The van der Waals surface area contributed by atoms with Gasteiger partial charge in [0.1, 0.15) is 0 Å². The van der Waals surface area contributed by atoms with E-state index in [9.17, 15) is 9.59 Å². The first kappa shape index (κ1) is 17.6. The first-order valence-electron chi connectivity index (χ1n) is 8.43. The minimum atomic E-state index is -0.288. The largest absolute Gasteiger partial charge is 0.332 e. The molecule has 0 bridgehead atoms. The lowest BCUT2D eigenvalue weighted by Crippen LogP contribution is -2.36. The number of nitrogens with zero attached hydrogens (tertiary/aromatic N) is 4. The lowest BCUT2D eigenvalue weighted by molar-refractivity contribution is 0.0689. The maximum Gasteiger partial charge on any atom is 0.264 e. The molecule has 0 spiro atoms. The Morgan fingerprint density at radius 3 is 2.54 bits per heavy atom. The first-order chi connectivity index (χ1) is 12.5. The Kier molecular flexibility index (Phi) is 4.97. The molecule has 1 aromatic carbocycles. The zero-order valence-electron chi connectivity index (χ0n) is 15.0. The highest BCUT2D eigenvalue weighted by atomic mass is 16.2. The highest BCUT2D eigenvalue weighted by Gasteiger charge is 2.23. The van der Waals surface area contributed by atoms with Crippen molar-refractivity contribution in [2.45, 2.75) is 33.4 Å². The minimum Gasteiger partial charge on any atom is -0.332 e. The molecule has 0 saturated carbocycles. The Bertz CT molecular complexity index is 939. The Morgan fingerprint density at radius 1 is 1.19 bits per heavy atom. The molecule has 0 fully saturated rings. The molecule has 3 rings (SSSR count). The number of benzene rings is 1. The zero-order valence-corrected chi connectivity index (χ0v) is 15.0. The normalized spacial score (nSPS) is 10.9. The van der Waals surface area contributed by atoms with Crippen LogP contribution in [0.1, 0.15) is 35.5 Å². The van der Waals surface area contributed by atoms with Gasteiger partial charge in [0.05, 0.1) is 17.5 Å². The molecular formula is C19H21N5O2. The molecule has 7 heteroatoms. The van der Waals surface area contributed by atoms with Gasteiger partial charge in [-0.2, -0.15) is 10.2 Å². The number of rotatable bonds is 5. The van der Waals surface area contributed by atoms with Crippen LogP contribution in [-0.4, -0.2) is 36.8 Å². The summed E-state index contributed by atoms with van der Waals surface area (Å²) in [5.74, 6) is 0.373. The van der Waals surface area contributed by atoms with Crippen LogP contribution in [0.2, 0.25) is 0 Å². The molecule has 2 heterocycles. The van der Waals surface area contributed by atoms with Crippen molar-refractivity contribution in [3.63, 3.8) is 0 Å². The second-order valence-electron chi connectivity index (χ2n) is 6.35. The molecule has 0 aliphatic rings. The predicted molar refractivity (Wildman–Crippen MR) is 98.2 cm³/mol. The smallest absolute Gasteiger partial charge is 0.264 e. The van der Waals surface area contributed by atoms with Crippen LogP contribution in [0.5, 0.6) is 0 Å². The van der Waals surface area contributed by atoms with Gasteiger partial charge in [-0.05, 0) is 32.4 Å². The fourth-order valence-electron chi connectivity index (χ4n) is 2.73. The van der Waals surface area contributed by atoms with Crippen molar-refractivity contribution < 1.29 is 4.79 Å². The molecule has 0 radical (unpaired) electrons. The predicted octanol–water partition coefficient (Wildman–Crippen LogP) is 2.31. The summed E-state index contributed by atoms with van der Waals surface area (Å²) in [5, 5.41) is 10.6. The summed E-state index contributed by atoms with van der Waals surface area (Å²) in [6.45, 7) is 6.32. The molecular weight excluding hydrogens is 330 g/mol. The van der Waals surface area contributed by atoms with E-state index in [0.29, 0.717) is 23.6 Å². The maximum atomic E-state index is 13.1. The van der Waals surface area contributed by atoms with Crippen molar-refractivity contribution in [3.8, 4) is 5.82 Å². The van der Waals surface area contributed by atoms with Crippen LogP contribution < -0.4 is 5.56 Å². The third-order valence-electron chi connectivity index (χ3n) is 4.20. The van der Waals surface area contributed by atoms with E-state index < -0.39 is 0 Å². The molecule has 26 heavy (non-hydrogen) atoms. The average molecular weight is 351 g/mol. The molecule has 0 saturated heterocycles. The fourth-order valence-corrected chi connectivity index (χ4v) is 2.73. The van der Waals surface area contributed by atoms with Gasteiger partial charge >= 0.3 is 0 Å². The molecule has 1 amide bonds. The second-order valence-corrected chi connectivity index (χ2v) is 6.35. The van der Waals surface area contributed by atoms with E-state index in [1.165, 1.54) is 6.07 Å². The summed E-state index contributed by atoms with van der Waals surface area (Å²) < 4.78 is 1.55. The van der Waals surface area contributed by atoms with E-state index >= 15 is 0 Å². The average Bonchev–Trinajstić information content (AvgIpc) is 3.02. The maximum absolute atomic E-state index is 13.1. The number of nitrogens with one attached hydrogen (secondary N) is 1. The van der Waals surface area contributed by atoms with Gasteiger partial charge in [0.15, 0.2) is 5.82 Å². The number of aromatic amines is 1. The van der Waals surface area contributed by atoms with Crippen LogP contribution in [-0.2, 0) is 6.54 Å². The van der Waals surface area contributed by atoms with Crippen molar-refractivity contribution in [2.24, 2.45) is 0 Å². The summed E-state index contributed by atoms with van der Waals surface area (Å²) in [7, 11) is 0. The van der Waals surface area contributed by atoms with E-state index in [4.69, 9.17) is 0 Å². The topological polar surface area (TPSA) is 83.9 Å². The van der Waals surface area contributed by atoms with Crippen molar-refractivity contribution in [1.29, 1.82) is 0 Å². The number of hydrogen-bond donors (Lipinski definition) is 1. The van der Waals surface area contributed by atoms with E-state index in [-0.39, 0.29) is 17.5 Å². The quantitative estimate of drug-likeness (QED) is 0.764. The van der Waals surface area contributed by atoms with Crippen molar-refractivity contribution in [1.82, 2.24) is 24.9 Å². The van der Waals surface area contributed by atoms with E-state index in [1.807, 2.05) is 56.0 Å². The van der Waals surface area contributed by atoms with E-state index in [1.54, 1.807) is 16.9 Å². The molecule has 2 aromatic heterocycles. The molecule has 0 aliphatic carbocycles.